The summed E-state index contributed by atoms with van der Waals surface area (Å²) in [6, 6.07) is 0.253. The molecule has 0 radical (unpaired) electrons. The van der Waals surface area contributed by atoms with E-state index in [1.54, 1.807) is 18.1 Å². The Kier molecular flexibility index (Phi) is 3.55. The van der Waals surface area contributed by atoms with Gasteiger partial charge < -0.3 is 10.3 Å². The average molecular weight is 186 g/mol. The average Bonchev–Trinajstić information content (AvgIpc) is 2.36. The molecule has 68 valence electrons. The standard InChI is InChI=1S/C7H14N4S/c1-6(8)3-12-4-7-10-9-5-11(7)2/h5-6H,3-4,8H2,1-2H3. The van der Waals surface area contributed by atoms with E-state index in [9.17, 15) is 0 Å². The van der Waals surface area contributed by atoms with Crippen LogP contribution in [0.2, 0.25) is 0 Å². The lowest BCUT2D eigenvalue weighted by Gasteiger charge is -2.03. The predicted molar refractivity (Wildman–Crippen MR) is 50.8 cm³/mol. The van der Waals surface area contributed by atoms with Gasteiger partial charge in [0.15, 0.2) is 0 Å². The molecule has 0 spiro atoms. The molecule has 0 saturated carbocycles. The van der Waals surface area contributed by atoms with Gasteiger partial charge >= 0.3 is 0 Å². The van der Waals surface area contributed by atoms with Crippen LogP contribution in [0.25, 0.3) is 0 Å². The third-order valence-electron chi connectivity index (χ3n) is 1.42. The van der Waals surface area contributed by atoms with Crippen LogP contribution in [0.4, 0.5) is 0 Å². The summed E-state index contributed by atoms with van der Waals surface area (Å²) in [7, 11) is 1.95. The third kappa shape index (κ3) is 2.83. The van der Waals surface area contributed by atoms with Gasteiger partial charge in [0, 0.05) is 18.8 Å². The molecule has 4 nitrogen and oxygen atoms in total. The molecule has 1 atom stereocenters. The molecule has 0 bridgehead atoms. The molecule has 1 rings (SSSR count). The van der Waals surface area contributed by atoms with Crippen LogP contribution >= 0.6 is 11.8 Å². The van der Waals surface area contributed by atoms with Crippen molar-refractivity contribution in [2.45, 2.75) is 18.7 Å². The van der Waals surface area contributed by atoms with Gasteiger partial charge in [0.2, 0.25) is 0 Å². The lowest BCUT2D eigenvalue weighted by atomic mass is 10.4. The van der Waals surface area contributed by atoms with Gasteiger partial charge in [0.05, 0.1) is 5.75 Å². The second-order valence-electron chi connectivity index (χ2n) is 2.85. The summed E-state index contributed by atoms with van der Waals surface area (Å²) in [4.78, 5) is 0. The monoisotopic (exact) mass is 186 g/mol. The van der Waals surface area contributed by atoms with Crippen molar-refractivity contribution in [1.29, 1.82) is 0 Å². The van der Waals surface area contributed by atoms with Crippen LogP contribution < -0.4 is 5.73 Å². The lowest BCUT2D eigenvalue weighted by molar-refractivity contribution is 0.834. The summed E-state index contributed by atoms with van der Waals surface area (Å²) in [5.74, 6) is 2.85. The highest BCUT2D eigenvalue weighted by atomic mass is 32.2. The van der Waals surface area contributed by atoms with E-state index in [4.69, 9.17) is 5.73 Å². The van der Waals surface area contributed by atoms with Gasteiger partial charge in [-0.1, -0.05) is 0 Å². The topological polar surface area (TPSA) is 56.7 Å². The first kappa shape index (κ1) is 9.54. The van der Waals surface area contributed by atoms with Crippen molar-refractivity contribution in [2.75, 3.05) is 5.75 Å². The molecule has 0 amide bonds. The smallest absolute Gasteiger partial charge is 0.142 e. The summed E-state index contributed by atoms with van der Waals surface area (Å²) in [6.45, 7) is 2.00. The van der Waals surface area contributed by atoms with Crippen molar-refractivity contribution in [1.82, 2.24) is 14.8 Å². The maximum Gasteiger partial charge on any atom is 0.142 e. The lowest BCUT2D eigenvalue weighted by Crippen LogP contribution is -2.17. The van der Waals surface area contributed by atoms with Crippen LogP contribution in [-0.2, 0) is 12.8 Å². The highest BCUT2D eigenvalue weighted by Gasteiger charge is 2.01. The van der Waals surface area contributed by atoms with E-state index in [0.29, 0.717) is 0 Å². The third-order valence-corrected chi connectivity index (χ3v) is 2.64. The van der Waals surface area contributed by atoms with E-state index >= 15 is 0 Å². The summed E-state index contributed by atoms with van der Waals surface area (Å²) in [6.07, 6.45) is 1.71. The summed E-state index contributed by atoms with van der Waals surface area (Å²) in [5, 5.41) is 7.75. The van der Waals surface area contributed by atoms with Crippen molar-refractivity contribution in [3.8, 4) is 0 Å². The Bertz CT molecular complexity index is 233. The maximum absolute atomic E-state index is 5.61. The SMILES string of the molecule is CC(N)CSCc1nncn1C. The van der Waals surface area contributed by atoms with Crippen LogP contribution in [0.5, 0.6) is 0 Å². The van der Waals surface area contributed by atoms with Crippen molar-refractivity contribution in [3.63, 3.8) is 0 Å². The maximum atomic E-state index is 5.61. The summed E-state index contributed by atoms with van der Waals surface area (Å²) >= 11 is 1.78. The predicted octanol–water partition coefficient (Wildman–Crippen LogP) is 0.395. The number of hydrogen-bond donors (Lipinski definition) is 1. The first-order valence-electron chi connectivity index (χ1n) is 3.86. The van der Waals surface area contributed by atoms with E-state index in [1.807, 2.05) is 18.5 Å². The van der Waals surface area contributed by atoms with E-state index in [-0.39, 0.29) is 6.04 Å². The second-order valence-corrected chi connectivity index (χ2v) is 3.88. The van der Waals surface area contributed by atoms with Crippen LogP contribution in [0.1, 0.15) is 12.7 Å². The van der Waals surface area contributed by atoms with Crippen molar-refractivity contribution >= 4 is 11.8 Å². The number of nitrogens with two attached hydrogens (primary N) is 1. The Labute approximate surface area is 76.5 Å². The number of aromatic nitrogens is 3. The minimum Gasteiger partial charge on any atom is -0.327 e. The molecule has 0 aliphatic heterocycles. The fourth-order valence-corrected chi connectivity index (χ4v) is 1.71. The minimum absolute atomic E-state index is 0.253. The van der Waals surface area contributed by atoms with Crippen LogP contribution in [0, 0.1) is 0 Å². The van der Waals surface area contributed by atoms with E-state index in [2.05, 4.69) is 10.2 Å². The van der Waals surface area contributed by atoms with Gasteiger partial charge in [-0.05, 0) is 6.92 Å². The molecule has 0 aliphatic rings. The van der Waals surface area contributed by atoms with Crippen LogP contribution in [0.3, 0.4) is 0 Å². The number of nitrogens with zero attached hydrogens (tertiary/aromatic N) is 3. The first-order valence-corrected chi connectivity index (χ1v) is 5.02. The Hall–Kier alpha value is -0.550. The molecular weight excluding hydrogens is 172 g/mol. The number of thioether (sulfide) groups is 1. The van der Waals surface area contributed by atoms with Gasteiger partial charge in [-0.25, -0.2) is 0 Å². The zero-order valence-electron chi connectivity index (χ0n) is 7.40. The van der Waals surface area contributed by atoms with Gasteiger partial charge in [0.1, 0.15) is 12.2 Å². The molecule has 1 aromatic rings. The molecule has 12 heavy (non-hydrogen) atoms. The molecule has 0 fully saturated rings. The molecule has 1 aromatic heterocycles. The van der Waals surface area contributed by atoms with Gasteiger partial charge in [0.25, 0.3) is 0 Å². The normalized spacial score (nSPS) is 13.2. The number of aryl methyl sites for hydroxylation is 1. The zero-order valence-corrected chi connectivity index (χ0v) is 8.21. The van der Waals surface area contributed by atoms with Crippen LogP contribution in [0.15, 0.2) is 6.33 Å². The Morgan fingerprint density at radius 1 is 1.75 bits per heavy atom. The number of hydrogen-bond acceptors (Lipinski definition) is 4. The van der Waals surface area contributed by atoms with Gasteiger partial charge in [-0.2, -0.15) is 11.8 Å². The molecule has 2 N–H and O–H groups in total. The quantitative estimate of drug-likeness (QED) is 0.739. The largest absolute Gasteiger partial charge is 0.327 e. The van der Waals surface area contributed by atoms with Gasteiger partial charge in [-0.15, -0.1) is 10.2 Å². The first-order chi connectivity index (χ1) is 5.70. The highest BCUT2D eigenvalue weighted by Crippen LogP contribution is 2.09. The Balaban J connectivity index is 2.29. The second kappa shape index (κ2) is 4.47. The molecule has 0 saturated heterocycles. The van der Waals surface area contributed by atoms with Crippen molar-refractivity contribution in [3.05, 3.63) is 12.2 Å². The van der Waals surface area contributed by atoms with Crippen molar-refractivity contribution < 1.29 is 0 Å². The molecule has 0 aliphatic carbocycles. The molecule has 5 heteroatoms. The van der Waals surface area contributed by atoms with Gasteiger partial charge in [-0.3, -0.25) is 0 Å². The molecule has 1 unspecified atom stereocenters. The highest BCUT2D eigenvalue weighted by molar-refractivity contribution is 7.98. The summed E-state index contributed by atoms with van der Waals surface area (Å²) in [5.41, 5.74) is 5.61. The van der Waals surface area contributed by atoms with Crippen molar-refractivity contribution in [2.24, 2.45) is 12.8 Å². The fourth-order valence-electron chi connectivity index (χ4n) is 0.774. The Morgan fingerprint density at radius 3 is 3.00 bits per heavy atom. The van der Waals surface area contributed by atoms with Crippen LogP contribution in [-0.4, -0.2) is 26.6 Å². The van der Waals surface area contributed by atoms with E-state index < -0.39 is 0 Å². The molecule has 0 aromatic carbocycles. The number of rotatable bonds is 4. The fraction of sp³-hybridized carbons (Fsp3) is 0.714. The summed E-state index contributed by atoms with van der Waals surface area (Å²) < 4.78 is 1.92. The van der Waals surface area contributed by atoms with E-state index in [1.165, 1.54) is 0 Å². The molecular formula is C7H14N4S. The Morgan fingerprint density at radius 2 is 2.50 bits per heavy atom. The minimum atomic E-state index is 0.253. The zero-order chi connectivity index (χ0) is 8.97. The molecule has 1 heterocycles. The van der Waals surface area contributed by atoms with E-state index in [0.717, 1.165) is 17.3 Å².